The molecule has 20 heavy (non-hydrogen) atoms. The molecule has 0 aromatic heterocycles. The van der Waals surface area contributed by atoms with E-state index >= 15 is 0 Å². The van der Waals surface area contributed by atoms with E-state index in [9.17, 15) is 9.59 Å². The van der Waals surface area contributed by atoms with Crippen LogP contribution < -0.4 is 0 Å². The second-order valence-electron chi connectivity index (χ2n) is 6.45. The van der Waals surface area contributed by atoms with Crippen molar-refractivity contribution in [3.8, 4) is 0 Å². The Kier molecular flexibility index (Phi) is 5.49. The number of benzene rings is 1. The highest BCUT2D eigenvalue weighted by atomic mass is 16.6. The molecule has 0 aliphatic heterocycles. The second-order valence-corrected chi connectivity index (χ2v) is 6.45. The summed E-state index contributed by atoms with van der Waals surface area (Å²) in [5.41, 5.74) is -0.0208. The van der Waals surface area contributed by atoms with E-state index in [-0.39, 0.29) is 11.7 Å². The van der Waals surface area contributed by atoms with Crippen LogP contribution in [0.4, 0.5) is 0 Å². The summed E-state index contributed by atoms with van der Waals surface area (Å²) < 4.78 is 5.38. The Labute approximate surface area is 121 Å². The third kappa shape index (κ3) is 5.16. The van der Waals surface area contributed by atoms with Crippen LogP contribution in [-0.4, -0.2) is 17.4 Å². The summed E-state index contributed by atoms with van der Waals surface area (Å²) in [6.45, 7) is 9.42. The van der Waals surface area contributed by atoms with E-state index in [4.69, 9.17) is 4.74 Å². The van der Waals surface area contributed by atoms with E-state index in [2.05, 4.69) is 0 Å². The van der Waals surface area contributed by atoms with Crippen molar-refractivity contribution in [3.05, 3.63) is 35.9 Å². The average Bonchev–Trinajstić information content (AvgIpc) is 2.34. The van der Waals surface area contributed by atoms with Gasteiger partial charge in [-0.3, -0.25) is 9.59 Å². The molecule has 1 atom stereocenters. The van der Waals surface area contributed by atoms with Crippen molar-refractivity contribution in [3.63, 3.8) is 0 Å². The van der Waals surface area contributed by atoms with Gasteiger partial charge in [-0.25, -0.2) is 0 Å². The van der Waals surface area contributed by atoms with Gasteiger partial charge in [0.15, 0.2) is 5.78 Å². The Hall–Kier alpha value is -1.64. The largest absolute Gasteiger partial charge is 0.459 e. The lowest BCUT2D eigenvalue weighted by Gasteiger charge is -2.24. The smallest absolute Gasteiger partial charge is 0.317 e. The Balaban J connectivity index is 2.95. The molecule has 1 unspecified atom stereocenters. The zero-order valence-electron chi connectivity index (χ0n) is 13.0. The summed E-state index contributed by atoms with van der Waals surface area (Å²) in [7, 11) is 0. The Morgan fingerprint density at radius 3 is 2.10 bits per heavy atom. The molecule has 0 aliphatic rings. The number of carbonyl (C=O) groups is 2. The lowest BCUT2D eigenvalue weighted by atomic mass is 9.89. The van der Waals surface area contributed by atoms with Crippen LogP contribution in [0.15, 0.2) is 30.3 Å². The van der Waals surface area contributed by atoms with Crippen LogP contribution in [0, 0.1) is 11.8 Å². The van der Waals surface area contributed by atoms with Gasteiger partial charge in [-0.2, -0.15) is 0 Å². The average molecular weight is 276 g/mol. The molecule has 3 heteroatoms. The summed E-state index contributed by atoms with van der Waals surface area (Å²) in [5.74, 6) is -1.06. The molecule has 1 aromatic carbocycles. The van der Waals surface area contributed by atoms with Crippen LogP contribution >= 0.6 is 0 Å². The Morgan fingerprint density at radius 1 is 1.10 bits per heavy atom. The highest BCUT2D eigenvalue weighted by Gasteiger charge is 2.32. The molecule has 0 spiro atoms. The lowest BCUT2D eigenvalue weighted by Crippen LogP contribution is -2.33. The fourth-order valence-corrected chi connectivity index (χ4v) is 1.96. The first kappa shape index (κ1) is 16.4. The van der Waals surface area contributed by atoms with E-state index in [1.807, 2.05) is 40.7 Å². The first-order chi connectivity index (χ1) is 9.20. The van der Waals surface area contributed by atoms with Gasteiger partial charge < -0.3 is 4.74 Å². The summed E-state index contributed by atoms with van der Waals surface area (Å²) in [6, 6.07) is 8.92. The molecule has 1 aromatic rings. The van der Waals surface area contributed by atoms with Crippen molar-refractivity contribution >= 4 is 11.8 Å². The molecule has 0 heterocycles. The quantitative estimate of drug-likeness (QED) is 0.466. The number of esters is 1. The summed E-state index contributed by atoms with van der Waals surface area (Å²) in [5, 5.41) is 0. The number of carbonyl (C=O) groups excluding carboxylic acids is 2. The second kappa shape index (κ2) is 6.69. The van der Waals surface area contributed by atoms with E-state index in [1.165, 1.54) is 0 Å². The summed E-state index contributed by atoms with van der Waals surface area (Å²) >= 11 is 0. The van der Waals surface area contributed by atoms with Gasteiger partial charge in [0, 0.05) is 5.56 Å². The molecular formula is C17H24O3. The van der Waals surface area contributed by atoms with Crippen molar-refractivity contribution in [2.75, 3.05) is 0 Å². The van der Waals surface area contributed by atoms with Gasteiger partial charge in [-0.1, -0.05) is 44.2 Å². The van der Waals surface area contributed by atoms with Crippen LogP contribution in [0.25, 0.3) is 0 Å². The SMILES string of the molecule is CC(C)CC(C(=O)OC(C)(C)C)C(=O)c1ccccc1. The van der Waals surface area contributed by atoms with Gasteiger partial charge in [0.1, 0.15) is 11.5 Å². The first-order valence-electron chi connectivity index (χ1n) is 7.03. The summed E-state index contributed by atoms with van der Waals surface area (Å²) in [6.07, 6.45) is 0.503. The zero-order valence-corrected chi connectivity index (χ0v) is 13.0. The number of rotatable bonds is 5. The van der Waals surface area contributed by atoms with Crippen molar-refractivity contribution in [1.29, 1.82) is 0 Å². The molecule has 0 amide bonds. The molecule has 110 valence electrons. The number of Topliss-reactive ketones (excluding diaryl/α,β-unsaturated/α-hetero) is 1. The molecular weight excluding hydrogens is 252 g/mol. The summed E-state index contributed by atoms with van der Waals surface area (Å²) in [4.78, 5) is 24.8. The molecule has 0 saturated carbocycles. The minimum Gasteiger partial charge on any atom is -0.459 e. The molecule has 0 fully saturated rings. The van der Waals surface area contributed by atoms with Crippen LogP contribution in [0.3, 0.4) is 0 Å². The van der Waals surface area contributed by atoms with E-state index in [0.717, 1.165) is 0 Å². The molecule has 1 rings (SSSR count). The van der Waals surface area contributed by atoms with Gasteiger partial charge in [-0.05, 0) is 33.1 Å². The van der Waals surface area contributed by atoms with Gasteiger partial charge in [0.2, 0.25) is 0 Å². The fraction of sp³-hybridized carbons (Fsp3) is 0.529. The maximum absolute atomic E-state index is 12.5. The van der Waals surface area contributed by atoms with Crippen LogP contribution in [-0.2, 0) is 9.53 Å². The maximum atomic E-state index is 12.5. The number of hydrogen-bond acceptors (Lipinski definition) is 3. The van der Waals surface area contributed by atoms with Crippen LogP contribution in [0.5, 0.6) is 0 Å². The lowest BCUT2D eigenvalue weighted by molar-refractivity contribution is -0.158. The van der Waals surface area contributed by atoms with Crippen molar-refractivity contribution < 1.29 is 14.3 Å². The van der Waals surface area contributed by atoms with Gasteiger partial charge in [0.05, 0.1) is 0 Å². The molecule has 0 saturated heterocycles. The van der Waals surface area contributed by atoms with Crippen LogP contribution in [0.1, 0.15) is 51.4 Å². The highest BCUT2D eigenvalue weighted by Crippen LogP contribution is 2.21. The van der Waals surface area contributed by atoms with Crippen molar-refractivity contribution in [1.82, 2.24) is 0 Å². The Morgan fingerprint density at radius 2 is 1.65 bits per heavy atom. The monoisotopic (exact) mass is 276 g/mol. The molecule has 3 nitrogen and oxygen atoms in total. The predicted molar refractivity (Wildman–Crippen MR) is 79.6 cm³/mol. The zero-order chi connectivity index (χ0) is 15.3. The molecule has 0 bridgehead atoms. The first-order valence-corrected chi connectivity index (χ1v) is 7.03. The topological polar surface area (TPSA) is 43.4 Å². The fourth-order valence-electron chi connectivity index (χ4n) is 1.96. The number of hydrogen-bond donors (Lipinski definition) is 0. The van der Waals surface area contributed by atoms with Gasteiger partial charge in [-0.15, -0.1) is 0 Å². The van der Waals surface area contributed by atoms with Crippen molar-refractivity contribution in [2.24, 2.45) is 11.8 Å². The van der Waals surface area contributed by atoms with Crippen molar-refractivity contribution in [2.45, 2.75) is 46.6 Å². The number of ether oxygens (including phenoxy) is 1. The van der Waals surface area contributed by atoms with E-state index in [0.29, 0.717) is 12.0 Å². The minimum absolute atomic E-state index is 0.159. The third-order valence-electron chi connectivity index (χ3n) is 2.77. The van der Waals surface area contributed by atoms with Crippen LogP contribution in [0.2, 0.25) is 0 Å². The molecule has 0 aliphatic carbocycles. The van der Waals surface area contributed by atoms with Gasteiger partial charge >= 0.3 is 5.97 Å². The predicted octanol–water partition coefficient (Wildman–Crippen LogP) is 3.87. The highest BCUT2D eigenvalue weighted by molar-refractivity contribution is 6.08. The molecule has 0 radical (unpaired) electrons. The Bertz CT molecular complexity index is 455. The van der Waals surface area contributed by atoms with E-state index in [1.54, 1.807) is 24.3 Å². The van der Waals surface area contributed by atoms with Gasteiger partial charge in [0.25, 0.3) is 0 Å². The molecule has 0 N–H and O–H groups in total. The minimum atomic E-state index is -0.725. The normalized spacial score (nSPS) is 13.1. The maximum Gasteiger partial charge on any atom is 0.317 e. The number of ketones is 1. The third-order valence-corrected chi connectivity index (χ3v) is 2.77. The van der Waals surface area contributed by atoms with E-state index < -0.39 is 17.5 Å². The standard InChI is InChI=1S/C17H24O3/c1-12(2)11-14(16(19)20-17(3,4)5)15(18)13-9-7-6-8-10-13/h6-10,12,14H,11H2,1-5H3.